The molecule has 0 atom stereocenters. The van der Waals surface area contributed by atoms with Gasteiger partial charge in [-0.3, -0.25) is 9.59 Å². The highest BCUT2D eigenvalue weighted by molar-refractivity contribution is 5.94. The molecule has 8 heteroatoms. The Hall–Kier alpha value is -2.90. The lowest BCUT2D eigenvalue weighted by Crippen LogP contribution is -2.23. The second-order valence-electron chi connectivity index (χ2n) is 4.86. The molecule has 0 saturated carbocycles. The number of carbonyl (C=O) groups excluding carboxylic acids is 1. The quantitative estimate of drug-likeness (QED) is 0.754. The summed E-state index contributed by atoms with van der Waals surface area (Å²) in [6.07, 6.45) is 2.37. The van der Waals surface area contributed by atoms with Crippen molar-refractivity contribution in [3.8, 4) is 5.75 Å². The van der Waals surface area contributed by atoms with Crippen molar-refractivity contribution in [3.63, 3.8) is 0 Å². The lowest BCUT2D eigenvalue weighted by molar-refractivity contribution is -0.137. The van der Waals surface area contributed by atoms with Gasteiger partial charge in [-0.1, -0.05) is 18.2 Å². The van der Waals surface area contributed by atoms with E-state index in [2.05, 4.69) is 15.6 Å². The minimum absolute atomic E-state index is 0.165. The molecule has 122 valence electrons. The van der Waals surface area contributed by atoms with E-state index in [1.54, 1.807) is 24.3 Å². The second kappa shape index (κ2) is 7.92. The molecule has 0 spiro atoms. The van der Waals surface area contributed by atoms with Crippen molar-refractivity contribution < 1.29 is 19.4 Å². The number of carboxylic acid groups (broad SMARTS) is 1. The van der Waals surface area contributed by atoms with Crippen molar-refractivity contribution in [2.24, 2.45) is 0 Å². The molecule has 8 nitrogen and oxygen atoms in total. The van der Waals surface area contributed by atoms with Crippen LogP contribution in [0.15, 0.2) is 30.5 Å². The van der Waals surface area contributed by atoms with E-state index in [1.807, 2.05) is 6.92 Å². The summed E-state index contributed by atoms with van der Waals surface area (Å²) in [5.74, 6) is -0.624. The number of rotatable bonds is 8. The predicted molar refractivity (Wildman–Crippen MR) is 81.1 cm³/mol. The molecule has 0 fully saturated rings. The summed E-state index contributed by atoms with van der Waals surface area (Å²) >= 11 is 0. The van der Waals surface area contributed by atoms with Gasteiger partial charge in [-0.2, -0.15) is 0 Å². The summed E-state index contributed by atoms with van der Waals surface area (Å²) in [6.45, 7) is 2.50. The zero-order valence-corrected chi connectivity index (χ0v) is 12.7. The number of carboxylic acids is 1. The van der Waals surface area contributed by atoms with Crippen molar-refractivity contribution in [1.29, 1.82) is 0 Å². The lowest BCUT2D eigenvalue weighted by atomic mass is 10.2. The fourth-order valence-corrected chi connectivity index (χ4v) is 1.86. The number of ether oxygens (including phenoxy) is 1. The van der Waals surface area contributed by atoms with E-state index in [0.717, 1.165) is 6.42 Å². The van der Waals surface area contributed by atoms with Gasteiger partial charge in [0.15, 0.2) is 0 Å². The van der Waals surface area contributed by atoms with E-state index in [4.69, 9.17) is 9.84 Å². The second-order valence-corrected chi connectivity index (χ2v) is 4.86. The zero-order chi connectivity index (χ0) is 16.7. The zero-order valence-electron chi connectivity index (χ0n) is 12.7. The smallest absolute Gasteiger partial charge is 0.325 e. The largest absolute Gasteiger partial charge is 0.494 e. The molecule has 0 radical (unpaired) electrons. The molecule has 1 heterocycles. The van der Waals surface area contributed by atoms with Crippen LogP contribution in [0.3, 0.4) is 0 Å². The molecule has 0 aliphatic heterocycles. The number of benzene rings is 1. The predicted octanol–water partition coefficient (Wildman–Crippen LogP) is 1.08. The van der Waals surface area contributed by atoms with Crippen LogP contribution in [0.25, 0.3) is 0 Å². The molecule has 0 bridgehead atoms. The highest BCUT2D eigenvalue weighted by Crippen LogP contribution is 2.13. The summed E-state index contributed by atoms with van der Waals surface area (Å²) in [6, 6.07) is 6.91. The Balaban J connectivity index is 1.91. The highest BCUT2D eigenvalue weighted by Gasteiger charge is 2.09. The lowest BCUT2D eigenvalue weighted by Gasteiger charge is -2.07. The summed E-state index contributed by atoms with van der Waals surface area (Å²) in [5.41, 5.74) is 0.967. The minimum atomic E-state index is -1.01. The van der Waals surface area contributed by atoms with Crippen molar-refractivity contribution >= 4 is 11.9 Å². The van der Waals surface area contributed by atoms with Crippen molar-refractivity contribution in [1.82, 2.24) is 20.3 Å². The Morgan fingerprint density at radius 3 is 2.96 bits per heavy atom. The molecule has 2 N–H and O–H groups in total. The van der Waals surface area contributed by atoms with Gasteiger partial charge in [-0.25, -0.2) is 4.68 Å². The molecule has 1 aromatic carbocycles. The van der Waals surface area contributed by atoms with E-state index in [1.165, 1.54) is 10.9 Å². The fourth-order valence-electron chi connectivity index (χ4n) is 1.86. The third kappa shape index (κ3) is 5.10. The van der Waals surface area contributed by atoms with E-state index >= 15 is 0 Å². The molecule has 2 rings (SSSR count). The van der Waals surface area contributed by atoms with Crippen LogP contribution in [0, 0.1) is 0 Å². The summed E-state index contributed by atoms with van der Waals surface area (Å²) in [4.78, 5) is 22.7. The maximum absolute atomic E-state index is 12.1. The Morgan fingerprint density at radius 2 is 2.22 bits per heavy atom. The number of amides is 1. The molecule has 23 heavy (non-hydrogen) atoms. The SMILES string of the molecule is CCCOc1cccc(C(=O)NCc2cn(CC(=O)O)nn2)c1. The van der Waals surface area contributed by atoms with Gasteiger partial charge < -0.3 is 15.2 Å². The number of nitrogens with zero attached hydrogens (tertiary/aromatic N) is 3. The van der Waals surface area contributed by atoms with Gasteiger partial charge in [0.1, 0.15) is 18.0 Å². The maximum atomic E-state index is 12.1. The summed E-state index contributed by atoms with van der Waals surface area (Å²) in [5, 5.41) is 18.8. The van der Waals surface area contributed by atoms with E-state index < -0.39 is 5.97 Å². The van der Waals surface area contributed by atoms with Gasteiger partial charge >= 0.3 is 5.97 Å². The monoisotopic (exact) mass is 318 g/mol. The van der Waals surface area contributed by atoms with Gasteiger partial charge in [0, 0.05) is 5.56 Å². The number of carbonyl (C=O) groups is 2. The third-order valence-electron chi connectivity index (χ3n) is 2.88. The summed E-state index contributed by atoms with van der Waals surface area (Å²) < 4.78 is 6.69. The van der Waals surface area contributed by atoms with Crippen molar-refractivity contribution in [2.75, 3.05) is 6.61 Å². The first-order valence-corrected chi connectivity index (χ1v) is 7.20. The normalized spacial score (nSPS) is 10.3. The van der Waals surface area contributed by atoms with Crippen LogP contribution in [0.1, 0.15) is 29.4 Å². The molecule has 0 aliphatic carbocycles. The first-order chi connectivity index (χ1) is 11.1. The standard InChI is InChI=1S/C15H18N4O4/c1-2-6-23-13-5-3-4-11(7-13)15(22)16-8-12-9-19(18-17-12)10-14(20)21/h3-5,7,9H,2,6,8,10H2,1H3,(H,16,22)(H,20,21). The first-order valence-electron chi connectivity index (χ1n) is 7.20. The molecular formula is C15H18N4O4. The van der Waals surface area contributed by atoms with Gasteiger partial charge in [0.25, 0.3) is 5.91 Å². The summed E-state index contributed by atoms with van der Waals surface area (Å²) in [7, 11) is 0. The van der Waals surface area contributed by atoms with Crippen LogP contribution in [0.5, 0.6) is 5.75 Å². The Kier molecular flexibility index (Phi) is 5.67. The molecule has 1 aromatic heterocycles. The molecule has 0 saturated heterocycles. The number of nitrogens with one attached hydrogen (secondary N) is 1. The Bertz CT molecular complexity index is 684. The van der Waals surface area contributed by atoms with Crippen LogP contribution < -0.4 is 10.1 Å². The molecular weight excluding hydrogens is 300 g/mol. The maximum Gasteiger partial charge on any atom is 0.325 e. The molecule has 2 aromatic rings. The average Bonchev–Trinajstić information content (AvgIpc) is 2.97. The van der Waals surface area contributed by atoms with Crippen LogP contribution in [-0.2, 0) is 17.9 Å². The minimum Gasteiger partial charge on any atom is -0.494 e. The topological polar surface area (TPSA) is 106 Å². The molecule has 1 amide bonds. The highest BCUT2D eigenvalue weighted by atomic mass is 16.5. The van der Waals surface area contributed by atoms with Crippen molar-refractivity contribution in [2.45, 2.75) is 26.4 Å². The number of hydrogen-bond donors (Lipinski definition) is 2. The molecule has 0 aliphatic rings. The van der Waals surface area contributed by atoms with Gasteiger partial charge in [0.2, 0.25) is 0 Å². The number of aliphatic carboxylic acids is 1. The van der Waals surface area contributed by atoms with Crippen LogP contribution in [0.4, 0.5) is 0 Å². The average molecular weight is 318 g/mol. The Labute approximate surface area is 133 Å². The van der Waals surface area contributed by atoms with Crippen LogP contribution in [0.2, 0.25) is 0 Å². The van der Waals surface area contributed by atoms with Crippen molar-refractivity contribution in [3.05, 3.63) is 41.7 Å². The number of hydrogen-bond acceptors (Lipinski definition) is 5. The fraction of sp³-hybridized carbons (Fsp3) is 0.333. The van der Waals surface area contributed by atoms with Gasteiger partial charge in [0.05, 0.1) is 19.3 Å². The van der Waals surface area contributed by atoms with Crippen LogP contribution in [-0.4, -0.2) is 38.6 Å². The van der Waals surface area contributed by atoms with E-state index in [9.17, 15) is 9.59 Å². The van der Waals surface area contributed by atoms with Crippen LogP contribution >= 0.6 is 0 Å². The molecule has 0 unspecified atom stereocenters. The third-order valence-corrected chi connectivity index (χ3v) is 2.88. The van der Waals surface area contributed by atoms with E-state index in [0.29, 0.717) is 23.6 Å². The van der Waals surface area contributed by atoms with E-state index in [-0.39, 0.29) is 19.0 Å². The number of aromatic nitrogens is 3. The Morgan fingerprint density at radius 1 is 1.39 bits per heavy atom. The van der Waals surface area contributed by atoms with Gasteiger partial charge in [-0.15, -0.1) is 5.10 Å². The first kappa shape index (κ1) is 16.5. The van der Waals surface area contributed by atoms with Gasteiger partial charge in [-0.05, 0) is 24.6 Å².